The van der Waals surface area contributed by atoms with Crippen LogP contribution in [0.25, 0.3) is 0 Å². The molecule has 0 saturated carbocycles. The number of rotatable bonds is 1. The summed E-state index contributed by atoms with van der Waals surface area (Å²) in [5.41, 5.74) is 0.0220. The lowest BCUT2D eigenvalue weighted by Gasteiger charge is -2.27. The van der Waals surface area contributed by atoms with Crippen LogP contribution >= 0.6 is 0 Å². The van der Waals surface area contributed by atoms with Crippen LogP contribution in [0.5, 0.6) is 0 Å². The Morgan fingerprint density at radius 2 is 2.17 bits per heavy atom. The van der Waals surface area contributed by atoms with Gasteiger partial charge < -0.3 is 9.47 Å². The summed E-state index contributed by atoms with van der Waals surface area (Å²) in [5.74, 6) is 1.18. The van der Waals surface area contributed by atoms with Crippen molar-refractivity contribution in [3.63, 3.8) is 0 Å². The van der Waals surface area contributed by atoms with E-state index in [-0.39, 0.29) is 5.60 Å². The fourth-order valence-electron chi connectivity index (χ4n) is 2.63. The van der Waals surface area contributed by atoms with Gasteiger partial charge in [0.2, 0.25) is 0 Å². The van der Waals surface area contributed by atoms with Gasteiger partial charge in [0.25, 0.3) is 0 Å². The fourth-order valence-corrected chi connectivity index (χ4v) is 2.63. The Morgan fingerprint density at radius 1 is 1.42 bits per heavy atom. The quantitative estimate of drug-likeness (QED) is 0.598. The molecule has 2 nitrogen and oxygen atoms in total. The van der Waals surface area contributed by atoms with Crippen LogP contribution in [0.2, 0.25) is 0 Å². The van der Waals surface area contributed by atoms with E-state index in [4.69, 9.17) is 9.47 Å². The van der Waals surface area contributed by atoms with Crippen molar-refractivity contribution in [3.8, 4) is 0 Å². The summed E-state index contributed by atoms with van der Waals surface area (Å²) < 4.78 is 11.6. The maximum absolute atomic E-state index is 5.86. The highest BCUT2D eigenvalue weighted by molar-refractivity contribution is 5.02. The van der Waals surface area contributed by atoms with Crippen LogP contribution in [0, 0.1) is 11.8 Å². The predicted octanol–water partition coefficient (Wildman–Crippen LogP) is 1.84. The van der Waals surface area contributed by atoms with Crippen LogP contribution < -0.4 is 0 Å². The molecule has 0 aromatic carbocycles. The standard InChI is InChI=1S/C10H18O2/c1-4-8-6-11-9-7(2)5-12-10(8,9)3/h7-9H,4-6H2,1-3H3/t7?,8?,9-,10-/m1/s1. The molecule has 2 fully saturated rings. The van der Waals surface area contributed by atoms with Gasteiger partial charge >= 0.3 is 0 Å². The number of hydrogen-bond donors (Lipinski definition) is 0. The molecule has 2 heterocycles. The summed E-state index contributed by atoms with van der Waals surface area (Å²) in [6, 6.07) is 0. The van der Waals surface area contributed by atoms with Crippen molar-refractivity contribution in [1.29, 1.82) is 0 Å². The van der Waals surface area contributed by atoms with Gasteiger partial charge in [-0.3, -0.25) is 0 Å². The summed E-state index contributed by atoms with van der Waals surface area (Å²) in [6.07, 6.45) is 1.52. The van der Waals surface area contributed by atoms with Gasteiger partial charge in [-0.25, -0.2) is 0 Å². The third-order valence-corrected chi connectivity index (χ3v) is 3.52. The van der Waals surface area contributed by atoms with Crippen molar-refractivity contribution in [2.75, 3.05) is 13.2 Å². The van der Waals surface area contributed by atoms with Crippen molar-refractivity contribution >= 4 is 0 Å². The van der Waals surface area contributed by atoms with E-state index in [0.29, 0.717) is 17.9 Å². The van der Waals surface area contributed by atoms with E-state index in [1.807, 2.05) is 0 Å². The minimum atomic E-state index is 0.0220. The van der Waals surface area contributed by atoms with Crippen molar-refractivity contribution in [3.05, 3.63) is 0 Å². The number of hydrogen-bond acceptors (Lipinski definition) is 2. The van der Waals surface area contributed by atoms with Crippen molar-refractivity contribution in [2.45, 2.75) is 38.9 Å². The molecule has 0 aromatic heterocycles. The molecule has 12 heavy (non-hydrogen) atoms. The van der Waals surface area contributed by atoms with Crippen LogP contribution in [0.3, 0.4) is 0 Å². The average Bonchev–Trinajstić information content (AvgIpc) is 2.50. The minimum Gasteiger partial charge on any atom is -0.374 e. The van der Waals surface area contributed by atoms with E-state index >= 15 is 0 Å². The van der Waals surface area contributed by atoms with Crippen LogP contribution in [0.1, 0.15) is 27.2 Å². The monoisotopic (exact) mass is 170 g/mol. The van der Waals surface area contributed by atoms with E-state index < -0.39 is 0 Å². The van der Waals surface area contributed by atoms with Crippen LogP contribution in [-0.2, 0) is 9.47 Å². The molecule has 2 heteroatoms. The predicted molar refractivity (Wildman–Crippen MR) is 47.0 cm³/mol. The zero-order valence-electron chi connectivity index (χ0n) is 8.17. The maximum atomic E-state index is 5.86. The summed E-state index contributed by atoms with van der Waals surface area (Å²) >= 11 is 0. The van der Waals surface area contributed by atoms with Crippen LogP contribution in [0.15, 0.2) is 0 Å². The van der Waals surface area contributed by atoms with Gasteiger partial charge in [-0.15, -0.1) is 0 Å². The lowest BCUT2D eigenvalue weighted by Crippen LogP contribution is -2.39. The molecular weight excluding hydrogens is 152 g/mol. The molecule has 0 radical (unpaired) electrons. The maximum Gasteiger partial charge on any atom is 0.0968 e. The molecule has 0 N–H and O–H groups in total. The Balaban J connectivity index is 2.19. The first-order valence-corrected chi connectivity index (χ1v) is 4.94. The zero-order chi connectivity index (χ0) is 8.77. The van der Waals surface area contributed by atoms with Gasteiger partial charge in [0, 0.05) is 11.8 Å². The largest absolute Gasteiger partial charge is 0.374 e. The molecule has 0 bridgehead atoms. The Hall–Kier alpha value is -0.0800. The molecule has 70 valence electrons. The van der Waals surface area contributed by atoms with Gasteiger partial charge in [0.15, 0.2) is 0 Å². The van der Waals surface area contributed by atoms with Crippen molar-refractivity contribution in [2.24, 2.45) is 11.8 Å². The molecule has 0 spiro atoms. The van der Waals surface area contributed by atoms with Crippen LogP contribution in [0.4, 0.5) is 0 Å². The molecule has 2 aliphatic rings. The third kappa shape index (κ3) is 0.944. The lowest BCUT2D eigenvalue weighted by molar-refractivity contribution is -0.0286. The molecule has 0 aromatic rings. The van der Waals surface area contributed by atoms with Gasteiger partial charge in [0.1, 0.15) is 0 Å². The first kappa shape index (κ1) is 8.52. The second kappa shape index (κ2) is 2.71. The second-order valence-electron chi connectivity index (χ2n) is 4.33. The Morgan fingerprint density at radius 3 is 2.83 bits per heavy atom. The molecule has 2 aliphatic heterocycles. The smallest absolute Gasteiger partial charge is 0.0968 e. The third-order valence-electron chi connectivity index (χ3n) is 3.52. The number of fused-ring (bicyclic) bond motifs is 1. The summed E-state index contributed by atoms with van der Waals surface area (Å²) in [7, 11) is 0. The summed E-state index contributed by atoms with van der Waals surface area (Å²) in [4.78, 5) is 0. The fraction of sp³-hybridized carbons (Fsp3) is 1.00. The molecule has 2 rings (SSSR count). The molecular formula is C10H18O2. The molecule has 4 atom stereocenters. The van der Waals surface area contributed by atoms with E-state index in [1.54, 1.807) is 0 Å². The molecule has 0 aliphatic carbocycles. The minimum absolute atomic E-state index is 0.0220. The van der Waals surface area contributed by atoms with Gasteiger partial charge in [-0.05, 0) is 13.3 Å². The van der Waals surface area contributed by atoms with Crippen molar-refractivity contribution in [1.82, 2.24) is 0 Å². The summed E-state index contributed by atoms with van der Waals surface area (Å²) in [6.45, 7) is 8.41. The van der Waals surface area contributed by atoms with Crippen molar-refractivity contribution < 1.29 is 9.47 Å². The molecule has 0 amide bonds. The Labute approximate surface area is 74.2 Å². The average molecular weight is 170 g/mol. The zero-order valence-corrected chi connectivity index (χ0v) is 8.17. The van der Waals surface area contributed by atoms with E-state index in [0.717, 1.165) is 13.2 Å². The highest BCUT2D eigenvalue weighted by Crippen LogP contribution is 2.44. The first-order valence-electron chi connectivity index (χ1n) is 4.94. The molecule has 2 saturated heterocycles. The van der Waals surface area contributed by atoms with Gasteiger partial charge in [-0.1, -0.05) is 13.8 Å². The second-order valence-corrected chi connectivity index (χ2v) is 4.33. The Bertz CT molecular complexity index is 181. The number of ether oxygens (including phenoxy) is 2. The Kier molecular flexibility index (Phi) is 1.92. The summed E-state index contributed by atoms with van der Waals surface area (Å²) in [5, 5.41) is 0. The van der Waals surface area contributed by atoms with E-state index in [1.165, 1.54) is 6.42 Å². The SMILES string of the molecule is CCC1CO[C@@H]2C(C)CO[C@]12C. The normalized spacial score (nSPS) is 52.8. The highest BCUT2D eigenvalue weighted by Gasteiger charge is 2.54. The highest BCUT2D eigenvalue weighted by atomic mass is 16.6. The van der Waals surface area contributed by atoms with Gasteiger partial charge in [0.05, 0.1) is 24.9 Å². The van der Waals surface area contributed by atoms with Crippen LogP contribution in [-0.4, -0.2) is 24.9 Å². The first-order chi connectivity index (χ1) is 5.68. The lowest BCUT2D eigenvalue weighted by atomic mass is 9.83. The topological polar surface area (TPSA) is 18.5 Å². The van der Waals surface area contributed by atoms with E-state index in [9.17, 15) is 0 Å². The van der Waals surface area contributed by atoms with E-state index in [2.05, 4.69) is 20.8 Å². The molecule has 2 unspecified atom stereocenters. The van der Waals surface area contributed by atoms with Gasteiger partial charge in [-0.2, -0.15) is 0 Å².